The lowest BCUT2D eigenvalue weighted by Gasteiger charge is -2.30. The van der Waals surface area contributed by atoms with E-state index in [1.165, 1.54) is 0 Å². The Hall–Kier alpha value is -0.870. The van der Waals surface area contributed by atoms with Crippen molar-refractivity contribution in [3.63, 3.8) is 0 Å². The van der Waals surface area contributed by atoms with Gasteiger partial charge in [-0.2, -0.15) is 0 Å². The molecule has 0 rings (SSSR count). The summed E-state index contributed by atoms with van der Waals surface area (Å²) in [5.74, 6) is 0. The predicted octanol–water partition coefficient (Wildman–Crippen LogP) is 2.14. The van der Waals surface area contributed by atoms with Crippen LogP contribution in [-0.2, 0) is 4.79 Å². The van der Waals surface area contributed by atoms with Gasteiger partial charge in [0.25, 0.3) is 0 Å². The maximum absolute atomic E-state index is 11.0. The molecular formula is C16H32N2O2. The minimum atomic E-state index is -0.0620. The molecule has 0 radical (unpaired) electrons. The molecule has 118 valence electrons. The molecule has 0 aliphatic rings. The highest BCUT2D eigenvalue weighted by atomic mass is 16.3. The second kappa shape index (κ2) is 9.94. The van der Waals surface area contributed by atoms with Crippen LogP contribution >= 0.6 is 0 Å². The molecule has 0 aromatic rings. The Labute approximate surface area is 124 Å². The molecule has 20 heavy (non-hydrogen) atoms. The highest BCUT2D eigenvalue weighted by molar-refractivity contribution is 5.47. The average molecular weight is 284 g/mol. The van der Waals surface area contributed by atoms with Gasteiger partial charge in [-0.15, -0.1) is 6.58 Å². The molecule has 0 aromatic carbocycles. The van der Waals surface area contributed by atoms with Gasteiger partial charge >= 0.3 is 0 Å². The van der Waals surface area contributed by atoms with Crippen LogP contribution in [0.5, 0.6) is 0 Å². The van der Waals surface area contributed by atoms with Gasteiger partial charge in [0.15, 0.2) is 0 Å². The first-order valence-corrected chi connectivity index (χ1v) is 7.51. The first kappa shape index (κ1) is 19.1. The number of amides is 1. The van der Waals surface area contributed by atoms with Gasteiger partial charge in [0.2, 0.25) is 6.41 Å². The van der Waals surface area contributed by atoms with Gasteiger partial charge in [-0.25, -0.2) is 0 Å². The second-order valence-electron chi connectivity index (χ2n) is 6.32. The number of carbonyl (C=O) groups is 1. The van der Waals surface area contributed by atoms with Crippen molar-refractivity contribution < 1.29 is 9.90 Å². The van der Waals surface area contributed by atoms with E-state index in [4.69, 9.17) is 0 Å². The minimum absolute atomic E-state index is 0.0620. The zero-order valence-corrected chi connectivity index (χ0v) is 13.6. The molecule has 1 N–H and O–H groups in total. The molecule has 1 atom stereocenters. The van der Waals surface area contributed by atoms with Gasteiger partial charge in [-0.3, -0.25) is 4.79 Å². The summed E-state index contributed by atoms with van der Waals surface area (Å²) in [6, 6.07) is 0.259. The molecule has 0 saturated heterocycles. The molecule has 0 unspecified atom stereocenters. The van der Waals surface area contributed by atoms with E-state index in [0.717, 1.165) is 45.3 Å². The summed E-state index contributed by atoms with van der Waals surface area (Å²) >= 11 is 0. The van der Waals surface area contributed by atoms with Gasteiger partial charge in [0.1, 0.15) is 0 Å². The van der Waals surface area contributed by atoms with Gasteiger partial charge in [0, 0.05) is 31.2 Å². The Kier molecular flexibility index (Phi) is 9.51. The van der Waals surface area contributed by atoms with Crippen LogP contribution in [0.2, 0.25) is 0 Å². The van der Waals surface area contributed by atoms with E-state index in [-0.39, 0.29) is 18.1 Å². The summed E-state index contributed by atoms with van der Waals surface area (Å²) in [7, 11) is 2.08. The molecule has 0 saturated carbocycles. The number of aliphatic hydroxyl groups is 1. The molecule has 1 amide bonds. The Morgan fingerprint density at radius 3 is 2.50 bits per heavy atom. The van der Waals surface area contributed by atoms with E-state index < -0.39 is 0 Å². The maximum Gasteiger partial charge on any atom is 0.209 e. The van der Waals surface area contributed by atoms with Gasteiger partial charge in [-0.05, 0) is 39.8 Å². The van der Waals surface area contributed by atoms with Crippen LogP contribution in [-0.4, -0.2) is 60.6 Å². The second-order valence-corrected chi connectivity index (χ2v) is 6.32. The summed E-state index contributed by atoms with van der Waals surface area (Å²) in [4.78, 5) is 15.1. The van der Waals surface area contributed by atoms with Crippen molar-refractivity contribution in [1.82, 2.24) is 9.80 Å². The van der Waals surface area contributed by atoms with E-state index >= 15 is 0 Å². The third-order valence-electron chi connectivity index (χ3n) is 3.61. The molecule has 0 aliphatic carbocycles. The minimum Gasteiger partial charge on any atom is -0.396 e. The summed E-state index contributed by atoms with van der Waals surface area (Å²) in [6.45, 7) is 12.7. The molecule has 0 heterocycles. The number of carbonyl (C=O) groups excluding carboxylic acids is 1. The highest BCUT2D eigenvalue weighted by Crippen LogP contribution is 2.16. The molecule has 0 spiro atoms. The van der Waals surface area contributed by atoms with Crippen molar-refractivity contribution in [2.45, 2.75) is 46.1 Å². The summed E-state index contributed by atoms with van der Waals surface area (Å²) in [5.41, 5.74) is -0.0620. The first-order valence-electron chi connectivity index (χ1n) is 7.51. The van der Waals surface area contributed by atoms with Crippen molar-refractivity contribution >= 4 is 6.41 Å². The maximum atomic E-state index is 11.0. The quantitative estimate of drug-likeness (QED) is 0.441. The number of hydrogen-bond donors (Lipinski definition) is 1. The number of rotatable bonds is 12. The van der Waals surface area contributed by atoms with Crippen molar-refractivity contribution in [3.05, 3.63) is 12.7 Å². The Morgan fingerprint density at radius 1 is 1.40 bits per heavy atom. The fourth-order valence-electron chi connectivity index (χ4n) is 2.49. The van der Waals surface area contributed by atoms with E-state index in [9.17, 15) is 9.90 Å². The van der Waals surface area contributed by atoms with Crippen molar-refractivity contribution in [2.75, 3.05) is 33.3 Å². The monoisotopic (exact) mass is 284 g/mol. The van der Waals surface area contributed by atoms with Crippen LogP contribution in [0.1, 0.15) is 40.0 Å². The molecule has 0 bridgehead atoms. The fourth-order valence-corrected chi connectivity index (χ4v) is 2.49. The molecule has 0 aromatic heterocycles. The zero-order chi connectivity index (χ0) is 15.6. The zero-order valence-electron chi connectivity index (χ0n) is 13.6. The normalized spacial score (nSPS) is 13.3. The predicted molar refractivity (Wildman–Crippen MR) is 84.6 cm³/mol. The van der Waals surface area contributed by atoms with Gasteiger partial charge < -0.3 is 14.9 Å². The standard InChI is InChI=1S/C16H32N2O2/c1-6-9-15(18(7-2)14-20)10-8-11-17(5)12-16(3,4)13-19/h6,14-15,19H,1,7-13H2,2-5H3/t15-/m0/s1. The molecule has 4 heteroatoms. The average Bonchev–Trinajstić information content (AvgIpc) is 2.39. The van der Waals surface area contributed by atoms with Crippen molar-refractivity contribution in [3.8, 4) is 0 Å². The summed E-state index contributed by atoms with van der Waals surface area (Å²) in [6.07, 6.45) is 5.70. The lowest BCUT2D eigenvalue weighted by Crippen LogP contribution is -2.36. The Bertz CT molecular complexity index is 280. The third kappa shape index (κ3) is 7.65. The van der Waals surface area contributed by atoms with Gasteiger partial charge in [-0.1, -0.05) is 19.9 Å². The van der Waals surface area contributed by atoms with Crippen LogP contribution < -0.4 is 0 Å². The Morgan fingerprint density at radius 2 is 2.05 bits per heavy atom. The van der Waals surface area contributed by atoms with Gasteiger partial charge in [0.05, 0.1) is 0 Å². The van der Waals surface area contributed by atoms with Crippen LogP contribution in [0.3, 0.4) is 0 Å². The van der Waals surface area contributed by atoms with E-state index in [0.29, 0.717) is 0 Å². The largest absolute Gasteiger partial charge is 0.396 e. The topological polar surface area (TPSA) is 43.8 Å². The fraction of sp³-hybridized carbons (Fsp3) is 0.812. The Balaban J connectivity index is 4.16. The lowest BCUT2D eigenvalue weighted by atomic mass is 9.94. The van der Waals surface area contributed by atoms with E-state index in [2.05, 4.69) is 32.4 Å². The molecular weight excluding hydrogens is 252 g/mol. The first-order chi connectivity index (χ1) is 9.40. The smallest absolute Gasteiger partial charge is 0.209 e. The number of aliphatic hydroxyl groups excluding tert-OH is 1. The molecule has 0 aliphatic heterocycles. The summed E-state index contributed by atoms with van der Waals surface area (Å²) in [5, 5.41) is 9.28. The number of nitrogens with zero attached hydrogens (tertiary/aromatic N) is 2. The lowest BCUT2D eigenvalue weighted by molar-refractivity contribution is -0.120. The molecule has 4 nitrogen and oxygen atoms in total. The van der Waals surface area contributed by atoms with Crippen molar-refractivity contribution in [1.29, 1.82) is 0 Å². The van der Waals surface area contributed by atoms with Crippen LogP contribution in [0, 0.1) is 5.41 Å². The molecule has 0 fully saturated rings. The van der Waals surface area contributed by atoms with E-state index in [1.54, 1.807) is 0 Å². The SMILES string of the molecule is C=CC[C@@H](CCCN(C)CC(C)(C)CO)N(C=O)CC. The van der Waals surface area contributed by atoms with Crippen LogP contribution in [0.4, 0.5) is 0 Å². The van der Waals surface area contributed by atoms with Crippen LogP contribution in [0.25, 0.3) is 0 Å². The third-order valence-corrected chi connectivity index (χ3v) is 3.61. The van der Waals surface area contributed by atoms with Crippen LogP contribution in [0.15, 0.2) is 12.7 Å². The van der Waals surface area contributed by atoms with Crippen molar-refractivity contribution in [2.24, 2.45) is 5.41 Å². The number of hydrogen-bond acceptors (Lipinski definition) is 3. The highest BCUT2D eigenvalue weighted by Gasteiger charge is 2.19. The van der Waals surface area contributed by atoms with E-state index in [1.807, 2.05) is 17.9 Å². The summed E-state index contributed by atoms with van der Waals surface area (Å²) < 4.78 is 0.